The number of nitrogens with zero attached hydrogens (tertiary/aromatic N) is 2. The maximum Gasteiger partial charge on any atom is 0.408 e. The summed E-state index contributed by atoms with van der Waals surface area (Å²) < 4.78 is 42.8. The van der Waals surface area contributed by atoms with E-state index in [4.69, 9.17) is 4.42 Å². The first-order valence-corrected chi connectivity index (χ1v) is 5.35. The summed E-state index contributed by atoms with van der Waals surface area (Å²) in [7, 11) is 0. The number of alkyl halides is 3. The summed E-state index contributed by atoms with van der Waals surface area (Å²) in [6, 6.07) is 5.10. The molecule has 0 atom stereocenters. The van der Waals surface area contributed by atoms with E-state index in [0.717, 1.165) is 10.4 Å². The second kappa shape index (κ2) is 5.26. The topological polar surface area (TPSA) is 43.0 Å². The van der Waals surface area contributed by atoms with Crippen LogP contribution < -0.4 is 5.32 Å². The van der Waals surface area contributed by atoms with Crippen molar-refractivity contribution < 1.29 is 17.6 Å². The molecule has 0 aliphatic carbocycles. The van der Waals surface area contributed by atoms with Crippen LogP contribution in [-0.4, -0.2) is 16.0 Å². The van der Waals surface area contributed by atoms with Gasteiger partial charge < -0.3 is 9.73 Å². The van der Waals surface area contributed by atoms with E-state index in [9.17, 15) is 13.2 Å². The fraction of sp³-hybridized carbons (Fsp3) is 0.364. The smallest absolute Gasteiger partial charge is 0.408 e. The molecule has 2 aromatic rings. The minimum absolute atomic E-state index is 0.302. The fourth-order valence-electron chi connectivity index (χ4n) is 1.55. The normalized spacial score (nSPS) is 11.9. The lowest BCUT2D eigenvalue weighted by Gasteiger charge is -2.10. The zero-order valence-corrected chi connectivity index (χ0v) is 9.44. The second-order valence-corrected chi connectivity index (χ2v) is 3.78. The van der Waals surface area contributed by atoms with E-state index >= 15 is 0 Å². The Morgan fingerprint density at radius 1 is 1.28 bits per heavy atom. The monoisotopic (exact) mass is 259 g/mol. The van der Waals surface area contributed by atoms with Gasteiger partial charge in [-0.3, -0.25) is 4.68 Å². The summed E-state index contributed by atoms with van der Waals surface area (Å²) in [4.78, 5) is 0. The highest BCUT2D eigenvalue weighted by Gasteiger charge is 2.29. The van der Waals surface area contributed by atoms with Crippen LogP contribution in [0.2, 0.25) is 0 Å². The fourth-order valence-corrected chi connectivity index (χ4v) is 1.55. The van der Waals surface area contributed by atoms with E-state index < -0.39 is 12.7 Å². The summed E-state index contributed by atoms with van der Waals surface area (Å²) in [5.74, 6) is 0.733. The standard InChI is InChI=1S/C11H12F3N3O/c12-11(13,14)8-17-9(3-4-16-17)6-15-7-10-2-1-5-18-10/h1-5,15H,6-8H2. The van der Waals surface area contributed by atoms with Crippen LogP contribution in [0.25, 0.3) is 0 Å². The Bertz CT molecular complexity index is 476. The highest BCUT2D eigenvalue weighted by atomic mass is 19.4. The number of halogens is 3. The highest BCUT2D eigenvalue weighted by Crippen LogP contribution is 2.17. The Balaban J connectivity index is 1.88. The van der Waals surface area contributed by atoms with Gasteiger partial charge in [0.05, 0.1) is 18.5 Å². The van der Waals surface area contributed by atoms with Crippen LogP contribution in [0, 0.1) is 0 Å². The summed E-state index contributed by atoms with van der Waals surface area (Å²) >= 11 is 0. The number of hydrogen-bond donors (Lipinski definition) is 1. The second-order valence-electron chi connectivity index (χ2n) is 3.78. The Morgan fingerprint density at radius 2 is 2.11 bits per heavy atom. The van der Waals surface area contributed by atoms with Crippen LogP contribution in [-0.2, 0) is 19.6 Å². The third-order valence-corrected chi connectivity index (χ3v) is 2.32. The molecule has 98 valence electrons. The molecule has 0 spiro atoms. The molecular formula is C11H12F3N3O. The van der Waals surface area contributed by atoms with Crippen molar-refractivity contribution in [3.63, 3.8) is 0 Å². The number of hydrogen-bond acceptors (Lipinski definition) is 3. The molecule has 0 radical (unpaired) electrons. The van der Waals surface area contributed by atoms with E-state index in [0.29, 0.717) is 18.8 Å². The molecule has 2 heterocycles. The molecule has 0 aliphatic heterocycles. The highest BCUT2D eigenvalue weighted by molar-refractivity contribution is 5.02. The minimum Gasteiger partial charge on any atom is -0.468 e. The van der Waals surface area contributed by atoms with Crippen molar-refractivity contribution >= 4 is 0 Å². The summed E-state index contributed by atoms with van der Waals surface area (Å²) in [6.45, 7) is -0.307. The van der Waals surface area contributed by atoms with Crippen molar-refractivity contribution in [2.45, 2.75) is 25.8 Å². The van der Waals surface area contributed by atoms with E-state index in [2.05, 4.69) is 10.4 Å². The van der Waals surface area contributed by atoms with Crippen molar-refractivity contribution in [3.05, 3.63) is 42.1 Å². The first-order chi connectivity index (χ1) is 8.54. The molecule has 0 bridgehead atoms. The molecule has 0 fully saturated rings. The van der Waals surface area contributed by atoms with E-state index in [1.54, 1.807) is 24.5 Å². The SMILES string of the molecule is FC(F)(F)Cn1nccc1CNCc1ccco1. The number of furan rings is 1. The van der Waals surface area contributed by atoms with Gasteiger partial charge in [0.1, 0.15) is 12.3 Å². The average Bonchev–Trinajstić information content (AvgIpc) is 2.89. The molecule has 0 aliphatic rings. The lowest BCUT2D eigenvalue weighted by Crippen LogP contribution is -2.23. The predicted octanol–water partition coefficient (Wildman–Crippen LogP) is 2.33. The molecule has 0 aromatic carbocycles. The first-order valence-electron chi connectivity index (χ1n) is 5.35. The van der Waals surface area contributed by atoms with Crippen LogP contribution in [0.4, 0.5) is 13.2 Å². The van der Waals surface area contributed by atoms with Crippen LogP contribution in [0.15, 0.2) is 35.1 Å². The first kappa shape index (κ1) is 12.7. The Labute approximate surface area is 101 Å². The third kappa shape index (κ3) is 3.63. The van der Waals surface area contributed by atoms with Gasteiger partial charge in [-0.25, -0.2) is 0 Å². The lowest BCUT2D eigenvalue weighted by atomic mass is 10.4. The molecule has 0 saturated heterocycles. The van der Waals surface area contributed by atoms with Gasteiger partial charge >= 0.3 is 6.18 Å². The van der Waals surface area contributed by atoms with Gasteiger partial charge in [0.25, 0.3) is 0 Å². The lowest BCUT2D eigenvalue weighted by molar-refractivity contribution is -0.143. The maximum atomic E-state index is 12.2. The molecule has 7 heteroatoms. The molecule has 18 heavy (non-hydrogen) atoms. The largest absolute Gasteiger partial charge is 0.468 e. The van der Waals surface area contributed by atoms with E-state index in [1.165, 1.54) is 6.20 Å². The number of nitrogens with one attached hydrogen (secondary N) is 1. The minimum atomic E-state index is -4.26. The quantitative estimate of drug-likeness (QED) is 0.896. The van der Waals surface area contributed by atoms with Gasteiger partial charge in [0, 0.05) is 12.7 Å². The van der Waals surface area contributed by atoms with Crippen molar-refractivity contribution in [2.24, 2.45) is 0 Å². The molecule has 0 amide bonds. The Morgan fingerprint density at radius 3 is 2.78 bits per heavy atom. The predicted molar refractivity (Wildman–Crippen MR) is 57.5 cm³/mol. The third-order valence-electron chi connectivity index (χ3n) is 2.32. The van der Waals surface area contributed by atoms with Crippen molar-refractivity contribution in [1.29, 1.82) is 0 Å². The van der Waals surface area contributed by atoms with Crippen molar-refractivity contribution in [3.8, 4) is 0 Å². The molecule has 2 aromatic heterocycles. The van der Waals surface area contributed by atoms with Gasteiger partial charge in [0.2, 0.25) is 0 Å². The molecule has 0 saturated carbocycles. The van der Waals surface area contributed by atoms with Crippen LogP contribution >= 0.6 is 0 Å². The van der Waals surface area contributed by atoms with Gasteiger partial charge in [-0.1, -0.05) is 0 Å². The molecule has 2 rings (SSSR count). The van der Waals surface area contributed by atoms with E-state index in [1.807, 2.05) is 0 Å². The number of rotatable bonds is 5. The maximum absolute atomic E-state index is 12.2. The zero-order chi connectivity index (χ0) is 13.0. The molecule has 4 nitrogen and oxygen atoms in total. The van der Waals surface area contributed by atoms with Gasteiger partial charge in [-0.05, 0) is 18.2 Å². The van der Waals surface area contributed by atoms with Crippen LogP contribution in [0.3, 0.4) is 0 Å². The zero-order valence-electron chi connectivity index (χ0n) is 9.44. The summed E-state index contributed by atoms with van der Waals surface area (Å²) in [5.41, 5.74) is 0.485. The van der Waals surface area contributed by atoms with Crippen LogP contribution in [0.5, 0.6) is 0 Å². The van der Waals surface area contributed by atoms with E-state index in [-0.39, 0.29) is 0 Å². The van der Waals surface area contributed by atoms with Crippen molar-refractivity contribution in [1.82, 2.24) is 15.1 Å². The number of aromatic nitrogens is 2. The molecule has 0 unspecified atom stereocenters. The van der Waals surface area contributed by atoms with Gasteiger partial charge in [0.15, 0.2) is 0 Å². The van der Waals surface area contributed by atoms with Crippen molar-refractivity contribution in [2.75, 3.05) is 0 Å². The molecule has 1 N–H and O–H groups in total. The van der Waals surface area contributed by atoms with Crippen LogP contribution in [0.1, 0.15) is 11.5 Å². The van der Waals surface area contributed by atoms with Gasteiger partial charge in [-0.2, -0.15) is 18.3 Å². The van der Waals surface area contributed by atoms with Gasteiger partial charge in [-0.15, -0.1) is 0 Å². The summed E-state index contributed by atoms with van der Waals surface area (Å²) in [5, 5.41) is 6.64. The summed E-state index contributed by atoms with van der Waals surface area (Å²) in [6.07, 6.45) is -1.36. The average molecular weight is 259 g/mol. The Kier molecular flexibility index (Phi) is 3.71. The Hall–Kier alpha value is -1.76. The molecular weight excluding hydrogens is 247 g/mol.